The molecule has 4 N–H and O–H groups in total. The Bertz CT molecular complexity index is 3090. The van der Waals surface area contributed by atoms with Crippen molar-refractivity contribution in [2.75, 3.05) is 66.7 Å². The SMILES string of the molecule is COC[C@]1(O)CCCC[C@H]1n1cnc(C(=O)N2CCN(C(=O)OC(C)(C)C)C[C@H]2C[C@@H](O)c2ccccc2)c1-c1ccccc1.COC[C@]1(O)CCCC[C@H]1n1cnc(C(=O)N2CCN(C(=O)OC(C)(C)C)C[C@H]2C[C@H](O)c2ccccc2)c1-c1ccccc1. The third-order valence-corrected chi connectivity index (χ3v) is 17.6. The molecule has 2 saturated carbocycles. The highest BCUT2D eigenvalue weighted by Crippen LogP contribution is 2.44. The van der Waals surface area contributed by atoms with Gasteiger partial charge in [-0.25, -0.2) is 19.6 Å². The van der Waals surface area contributed by atoms with Crippen LogP contribution in [0.25, 0.3) is 22.5 Å². The number of aromatic nitrogens is 4. The minimum Gasteiger partial charge on any atom is -0.444 e. The zero-order valence-electron chi connectivity index (χ0n) is 53.5. The smallest absolute Gasteiger partial charge is 0.410 e. The second-order valence-corrected chi connectivity index (χ2v) is 26.5. The number of benzene rings is 4. The van der Waals surface area contributed by atoms with E-state index in [9.17, 15) is 39.6 Å². The van der Waals surface area contributed by atoms with Crippen LogP contribution < -0.4 is 0 Å². The molecule has 4 aromatic carbocycles. The van der Waals surface area contributed by atoms with Crippen LogP contribution in [0, 0.1) is 0 Å². The molecule has 20 nitrogen and oxygen atoms in total. The lowest BCUT2D eigenvalue weighted by molar-refractivity contribution is -0.0894. The molecule has 10 rings (SSSR count). The molecule has 0 unspecified atom stereocenters. The highest BCUT2D eigenvalue weighted by atomic mass is 16.6. The third kappa shape index (κ3) is 16.0. The Kier molecular flexibility index (Phi) is 21.7. The van der Waals surface area contributed by atoms with E-state index in [1.165, 1.54) is 0 Å². The summed E-state index contributed by atoms with van der Waals surface area (Å²) in [7, 11) is 3.18. The van der Waals surface area contributed by atoms with Crippen LogP contribution in [-0.2, 0) is 18.9 Å². The van der Waals surface area contributed by atoms with Gasteiger partial charge in [0.15, 0.2) is 11.4 Å². The molecule has 8 atom stereocenters. The number of hydrogen-bond acceptors (Lipinski definition) is 14. The van der Waals surface area contributed by atoms with Crippen molar-refractivity contribution >= 4 is 24.0 Å². The molecule has 90 heavy (non-hydrogen) atoms. The molecule has 4 heterocycles. The molecular formula is C70H92N8O12. The summed E-state index contributed by atoms with van der Waals surface area (Å²) < 4.78 is 26.1. The molecule has 6 aromatic rings. The number of imidazole rings is 2. The van der Waals surface area contributed by atoms with Gasteiger partial charge in [0.1, 0.15) is 22.4 Å². The van der Waals surface area contributed by atoms with Gasteiger partial charge in [-0.15, -0.1) is 0 Å². The molecule has 2 aliphatic heterocycles. The molecule has 0 spiro atoms. The third-order valence-electron chi connectivity index (χ3n) is 17.6. The van der Waals surface area contributed by atoms with Crippen molar-refractivity contribution in [3.05, 3.63) is 156 Å². The lowest BCUT2D eigenvalue weighted by atomic mass is 9.80. The van der Waals surface area contributed by atoms with Gasteiger partial charge in [-0.1, -0.05) is 147 Å². The first-order valence-electron chi connectivity index (χ1n) is 31.7. The number of ether oxygens (including phenoxy) is 4. The quantitative estimate of drug-likeness (QED) is 0.0706. The first kappa shape index (κ1) is 66.9. The van der Waals surface area contributed by atoms with Crippen LogP contribution >= 0.6 is 0 Å². The molecule has 20 heteroatoms. The number of aliphatic hydroxyl groups excluding tert-OH is 2. The molecule has 4 fully saturated rings. The van der Waals surface area contributed by atoms with Crippen molar-refractivity contribution in [1.82, 2.24) is 38.7 Å². The highest BCUT2D eigenvalue weighted by molar-refractivity contribution is 5.99. The van der Waals surface area contributed by atoms with Crippen molar-refractivity contribution in [3.63, 3.8) is 0 Å². The van der Waals surface area contributed by atoms with E-state index in [2.05, 4.69) is 0 Å². The van der Waals surface area contributed by atoms with Crippen molar-refractivity contribution in [2.24, 2.45) is 0 Å². The van der Waals surface area contributed by atoms with Crippen LogP contribution in [0.4, 0.5) is 9.59 Å². The van der Waals surface area contributed by atoms with Gasteiger partial charge in [-0.2, -0.15) is 0 Å². The van der Waals surface area contributed by atoms with Gasteiger partial charge in [0.2, 0.25) is 0 Å². The summed E-state index contributed by atoms with van der Waals surface area (Å²) in [5.41, 5.74) is 1.42. The van der Waals surface area contributed by atoms with Gasteiger partial charge >= 0.3 is 12.2 Å². The van der Waals surface area contributed by atoms with Crippen LogP contribution in [-0.4, -0.2) is 184 Å². The monoisotopic (exact) mass is 1240 g/mol. The molecular weight excluding hydrogens is 1140 g/mol. The zero-order valence-corrected chi connectivity index (χ0v) is 53.5. The summed E-state index contributed by atoms with van der Waals surface area (Å²) in [6.45, 7) is 12.8. The molecule has 2 aromatic heterocycles. The topological polar surface area (TPSA) is 235 Å². The number of methoxy groups -OCH3 is 2. The number of rotatable bonds is 16. The minimum absolute atomic E-state index is 0.180. The zero-order chi connectivity index (χ0) is 64.4. The highest BCUT2D eigenvalue weighted by Gasteiger charge is 2.46. The van der Waals surface area contributed by atoms with Crippen LogP contribution in [0.1, 0.15) is 162 Å². The fourth-order valence-electron chi connectivity index (χ4n) is 13.4. The lowest BCUT2D eigenvalue weighted by Gasteiger charge is -2.42. The van der Waals surface area contributed by atoms with Gasteiger partial charge in [0.05, 0.1) is 73.6 Å². The minimum atomic E-state index is -1.10. The van der Waals surface area contributed by atoms with Crippen LogP contribution in [0.3, 0.4) is 0 Å². The van der Waals surface area contributed by atoms with Gasteiger partial charge in [0, 0.05) is 64.6 Å². The fourth-order valence-corrected chi connectivity index (χ4v) is 13.4. The van der Waals surface area contributed by atoms with Gasteiger partial charge in [-0.3, -0.25) is 9.59 Å². The number of carbonyl (C=O) groups is 4. The second kappa shape index (κ2) is 29.2. The number of aliphatic hydroxyl groups is 4. The van der Waals surface area contributed by atoms with E-state index in [0.717, 1.165) is 60.8 Å². The maximum atomic E-state index is 14.6. The van der Waals surface area contributed by atoms with Crippen LogP contribution in [0.15, 0.2) is 134 Å². The molecule has 4 amide bonds. The van der Waals surface area contributed by atoms with Crippen molar-refractivity contribution in [2.45, 2.75) is 165 Å². The van der Waals surface area contributed by atoms with Crippen molar-refractivity contribution < 1.29 is 58.6 Å². The van der Waals surface area contributed by atoms with E-state index >= 15 is 0 Å². The summed E-state index contributed by atoms with van der Waals surface area (Å²) in [4.78, 5) is 71.4. The number of hydrogen-bond donors (Lipinski definition) is 4. The van der Waals surface area contributed by atoms with E-state index in [4.69, 9.17) is 28.9 Å². The molecule has 2 saturated heterocycles. The van der Waals surface area contributed by atoms with Crippen LogP contribution in [0.5, 0.6) is 0 Å². The number of carbonyl (C=O) groups excluding carboxylic acids is 4. The molecule has 4 aliphatic rings. The Morgan fingerprint density at radius 2 is 0.867 bits per heavy atom. The lowest BCUT2D eigenvalue weighted by Crippen LogP contribution is -2.57. The van der Waals surface area contributed by atoms with E-state index < -0.39 is 58.9 Å². The molecule has 0 bridgehead atoms. The Morgan fingerprint density at radius 1 is 0.522 bits per heavy atom. The van der Waals surface area contributed by atoms with E-state index in [1.807, 2.05) is 172 Å². The maximum absolute atomic E-state index is 14.6. The Labute approximate surface area is 529 Å². The maximum Gasteiger partial charge on any atom is 0.410 e. The van der Waals surface area contributed by atoms with E-state index in [1.54, 1.807) is 46.5 Å². The average molecular weight is 1240 g/mol. The summed E-state index contributed by atoms with van der Waals surface area (Å²) >= 11 is 0. The normalized spacial score (nSPS) is 23.1. The van der Waals surface area contributed by atoms with Gasteiger partial charge in [-0.05, 0) is 91.2 Å². The van der Waals surface area contributed by atoms with Crippen molar-refractivity contribution in [1.29, 1.82) is 0 Å². The Balaban J connectivity index is 0.000000213. The number of nitrogens with zero attached hydrogens (tertiary/aromatic N) is 8. The van der Waals surface area contributed by atoms with Gasteiger partial charge in [0.25, 0.3) is 11.8 Å². The van der Waals surface area contributed by atoms with Gasteiger partial charge < -0.3 is 68.1 Å². The standard InChI is InChI=1S/2C35H46N4O6/c2*1-34(2,3)45-33(42)37-19-20-38(27(22-37)21-28(40)25-13-7-5-8-14-25)32(41)30-31(26-15-9-6-10-16-26)39(24-36-30)29-17-11-12-18-35(29,43)23-44-4/h2*5-10,13-16,24,27-29,40,43H,11-12,17-23H2,1-4H3/t27-,28+,29-,35-;27-,28-,29-,35-/m11/s1. The van der Waals surface area contributed by atoms with Crippen LogP contribution in [0.2, 0.25) is 0 Å². The summed E-state index contributed by atoms with van der Waals surface area (Å²) in [6, 6.07) is 36.3. The first-order chi connectivity index (χ1) is 43.0. The predicted octanol–water partition coefficient (Wildman–Crippen LogP) is 10.5. The first-order valence-corrected chi connectivity index (χ1v) is 31.7. The second-order valence-electron chi connectivity index (χ2n) is 26.5. The Hall–Kier alpha value is -7.46. The van der Waals surface area contributed by atoms with E-state index in [0.29, 0.717) is 24.2 Å². The molecule has 2 aliphatic carbocycles. The van der Waals surface area contributed by atoms with Crippen molar-refractivity contribution in [3.8, 4) is 22.5 Å². The Morgan fingerprint density at radius 3 is 1.20 bits per heavy atom. The predicted molar refractivity (Wildman–Crippen MR) is 341 cm³/mol. The summed E-state index contributed by atoms with van der Waals surface area (Å²) in [5.74, 6) is -0.569. The summed E-state index contributed by atoms with van der Waals surface area (Å²) in [5, 5.41) is 45.9. The fraction of sp³-hybridized carbons (Fsp3) is 0.514. The summed E-state index contributed by atoms with van der Waals surface area (Å²) in [6.07, 6.45) is 7.51. The van der Waals surface area contributed by atoms with E-state index in [-0.39, 0.29) is 101 Å². The number of amides is 4. The largest absolute Gasteiger partial charge is 0.444 e. The number of piperazine rings is 2. The molecule has 484 valence electrons. The molecule has 0 radical (unpaired) electrons. The average Bonchev–Trinajstić information content (AvgIpc) is 1.58.